The molecular weight excluding hydrogens is 418 g/mol. The number of hydrogen-bond acceptors (Lipinski definition) is 5. The Balaban J connectivity index is 1.47. The Bertz CT molecular complexity index is 1060. The topological polar surface area (TPSA) is 92.7 Å². The Morgan fingerprint density at radius 2 is 2.03 bits per heavy atom. The molecule has 7 unspecified atom stereocenters. The lowest BCUT2D eigenvalue weighted by molar-refractivity contribution is -0.131. The van der Waals surface area contributed by atoms with Crippen LogP contribution >= 0.6 is 0 Å². The molecule has 174 valence electrons. The van der Waals surface area contributed by atoms with E-state index in [4.69, 9.17) is 4.74 Å². The van der Waals surface area contributed by atoms with Gasteiger partial charge < -0.3 is 9.84 Å². The molecule has 5 rings (SSSR count). The number of hydrogen-bond donors (Lipinski definition) is 2. The van der Waals surface area contributed by atoms with Crippen LogP contribution in [0.1, 0.15) is 46.0 Å². The van der Waals surface area contributed by atoms with Gasteiger partial charge in [0.15, 0.2) is 5.78 Å². The summed E-state index contributed by atoms with van der Waals surface area (Å²) in [5, 5.41) is 12.4. The Morgan fingerprint density at radius 3 is 2.79 bits per heavy atom. The van der Waals surface area contributed by atoms with Crippen molar-refractivity contribution in [2.45, 2.75) is 52.1 Å². The third-order valence-corrected chi connectivity index (χ3v) is 8.66. The van der Waals surface area contributed by atoms with Crippen LogP contribution in [0.3, 0.4) is 0 Å². The molecule has 33 heavy (non-hydrogen) atoms. The molecule has 2 fully saturated rings. The zero-order chi connectivity index (χ0) is 23.3. The summed E-state index contributed by atoms with van der Waals surface area (Å²) in [4.78, 5) is 37.5. The molecule has 0 spiro atoms. The number of fused-ring (bicyclic) bond motifs is 5. The number of phenolic OH excluding ortho intramolecular Hbond substituents is 1. The number of anilines is 1. The van der Waals surface area contributed by atoms with E-state index in [1.807, 2.05) is 0 Å². The monoisotopic (exact) mass is 449 g/mol. The number of aromatic hydroxyl groups is 1. The summed E-state index contributed by atoms with van der Waals surface area (Å²) >= 11 is 0. The van der Waals surface area contributed by atoms with Crippen molar-refractivity contribution in [3.8, 4) is 5.75 Å². The van der Waals surface area contributed by atoms with Gasteiger partial charge >= 0.3 is 6.09 Å². The third-order valence-electron chi connectivity index (χ3n) is 8.66. The molecule has 2 N–H and O–H groups in total. The molecule has 2 saturated carbocycles. The Labute approximate surface area is 194 Å². The number of allylic oxidation sites excluding steroid dienone is 4. The van der Waals surface area contributed by atoms with Gasteiger partial charge in [0.05, 0.1) is 0 Å². The summed E-state index contributed by atoms with van der Waals surface area (Å²) in [5.74, 6) is 1.25. The van der Waals surface area contributed by atoms with E-state index in [-0.39, 0.29) is 52.5 Å². The summed E-state index contributed by atoms with van der Waals surface area (Å²) in [7, 11) is 0. The van der Waals surface area contributed by atoms with Crippen LogP contribution in [0.2, 0.25) is 0 Å². The van der Waals surface area contributed by atoms with Crippen molar-refractivity contribution < 1.29 is 24.2 Å². The van der Waals surface area contributed by atoms with Crippen LogP contribution in [-0.2, 0) is 14.3 Å². The van der Waals surface area contributed by atoms with Crippen LogP contribution in [0.25, 0.3) is 0 Å². The minimum atomic E-state index is -0.559. The van der Waals surface area contributed by atoms with Crippen molar-refractivity contribution in [3.63, 3.8) is 0 Å². The summed E-state index contributed by atoms with van der Waals surface area (Å²) in [5.41, 5.74) is 1.28. The number of carbonyl (C=O) groups is 3. The van der Waals surface area contributed by atoms with Crippen LogP contribution in [0.4, 0.5) is 10.5 Å². The second-order valence-corrected chi connectivity index (χ2v) is 10.4. The van der Waals surface area contributed by atoms with Crippen molar-refractivity contribution in [3.05, 3.63) is 48.1 Å². The quantitative estimate of drug-likeness (QED) is 0.674. The Kier molecular flexibility index (Phi) is 5.42. The van der Waals surface area contributed by atoms with Crippen molar-refractivity contribution in [2.24, 2.45) is 35.0 Å². The van der Waals surface area contributed by atoms with Crippen molar-refractivity contribution in [1.82, 2.24) is 0 Å². The molecule has 6 heteroatoms. The predicted molar refractivity (Wildman–Crippen MR) is 124 cm³/mol. The van der Waals surface area contributed by atoms with Gasteiger partial charge in [-0.25, -0.2) is 4.79 Å². The highest BCUT2D eigenvalue weighted by molar-refractivity contribution is 5.92. The molecule has 4 aliphatic carbocycles. The van der Waals surface area contributed by atoms with Crippen LogP contribution in [0.15, 0.2) is 48.1 Å². The van der Waals surface area contributed by atoms with Crippen molar-refractivity contribution >= 4 is 23.3 Å². The highest BCUT2D eigenvalue weighted by Gasteiger charge is 2.60. The van der Waals surface area contributed by atoms with Crippen molar-refractivity contribution in [2.75, 3.05) is 5.32 Å². The number of ether oxygens (including phenoxy) is 1. The Morgan fingerprint density at radius 1 is 1.21 bits per heavy atom. The van der Waals surface area contributed by atoms with E-state index in [0.29, 0.717) is 24.4 Å². The zero-order valence-corrected chi connectivity index (χ0v) is 19.1. The van der Waals surface area contributed by atoms with Gasteiger partial charge in [-0.15, -0.1) is 0 Å². The van der Waals surface area contributed by atoms with Gasteiger partial charge in [0, 0.05) is 30.0 Å². The molecule has 0 radical (unpaired) electrons. The molecule has 0 bridgehead atoms. The van der Waals surface area contributed by atoms with Crippen molar-refractivity contribution in [1.29, 1.82) is 0 Å². The molecule has 7 atom stereocenters. The average Bonchev–Trinajstić information content (AvgIpc) is 3.10. The fourth-order valence-corrected chi connectivity index (χ4v) is 7.36. The number of rotatable bonds is 3. The molecule has 1 aromatic rings. The van der Waals surface area contributed by atoms with Crippen LogP contribution < -0.4 is 5.32 Å². The first-order valence-electron chi connectivity index (χ1n) is 12.0. The maximum atomic E-state index is 12.9. The van der Waals surface area contributed by atoms with Gasteiger partial charge in [-0.2, -0.15) is 0 Å². The molecule has 4 aliphatic rings. The van der Waals surface area contributed by atoms with Gasteiger partial charge in [0.25, 0.3) is 0 Å². The smallest absolute Gasteiger partial charge is 0.411 e. The van der Waals surface area contributed by atoms with Gasteiger partial charge in [-0.05, 0) is 79.6 Å². The molecule has 0 saturated heterocycles. The first kappa shape index (κ1) is 21.9. The van der Waals surface area contributed by atoms with Gasteiger partial charge in [-0.1, -0.05) is 25.1 Å². The number of ketones is 2. The molecule has 1 aromatic carbocycles. The fourth-order valence-electron chi connectivity index (χ4n) is 7.36. The average molecular weight is 450 g/mol. The summed E-state index contributed by atoms with van der Waals surface area (Å²) < 4.78 is 6.09. The number of amides is 1. The maximum absolute atomic E-state index is 12.9. The van der Waals surface area contributed by atoms with E-state index in [1.54, 1.807) is 25.1 Å². The minimum absolute atomic E-state index is 0.0260. The van der Waals surface area contributed by atoms with Crippen LogP contribution in [0.5, 0.6) is 5.75 Å². The molecule has 1 amide bonds. The number of Topliss-reactive ketones (excluding diaryl/α,β-unsaturated/α-hetero) is 1. The molecule has 0 aliphatic heterocycles. The summed E-state index contributed by atoms with van der Waals surface area (Å²) in [6, 6.07) is 6.37. The number of nitrogens with one attached hydrogen (secondary N) is 1. The van der Waals surface area contributed by atoms with E-state index in [2.05, 4.69) is 24.4 Å². The van der Waals surface area contributed by atoms with E-state index < -0.39 is 6.09 Å². The summed E-state index contributed by atoms with van der Waals surface area (Å²) in [6.07, 6.45) is 8.94. The number of benzene rings is 1. The summed E-state index contributed by atoms with van der Waals surface area (Å²) in [6.45, 7) is 3.87. The highest BCUT2D eigenvalue weighted by Crippen LogP contribution is 2.63. The van der Waals surface area contributed by atoms with E-state index in [9.17, 15) is 19.5 Å². The lowest BCUT2D eigenvalue weighted by Gasteiger charge is -2.54. The SMILES string of the molecule is CC(=O)C1CCC2C3C=CC4=CC(=O)CCC4C3C(OC(=O)Nc3cccc(O)c3)CC12C. The first-order valence-corrected chi connectivity index (χ1v) is 12.0. The van der Waals surface area contributed by atoms with Gasteiger partial charge in [0.1, 0.15) is 17.6 Å². The first-order chi connectivity index (χ1) is 15.8. The second kappa shape index (κ2) is 8.15. The zero-order valence-electron chi connectivity index (χ0n) is 19.1. The predicted octanol–water partition coefficient (Wildman–Crippen LogP) is 5.04. The maximum Gasteiger partial charge on any atom is 0.411 e. The molecule has 0 heterocycles. The standard InChI is InChI=1S/C27H31NO5/c1-15(29)22-10-11-23-21-8-6-16-12-19(31)7-9-20(16)25(21)24(14-27(22,23)2)33-26(32)28-17-4-3-5-18(30)13-17/h3-6,8,12-13,20-25,30H,7,9-11,14H2,1-2H3,(H,28,32). The third kappa shape index (κ3) is 3.79. The number of carbonyl (C=O) groups excluding carboxylic acids is 3. The van der Waals surface area contributed by atoms with E-state index in [1.165, 1.54) is 12.1 Å². The largest absolute Gasteiger partial charge is 0.508 e. The Hall–Kier alpha value is -2.89. The van der Waals surface area contributed by atoms with Crippen LogP contribution in [-0.4, -0.2) is 28.9 Å². The van der Waals surface area contributed by atoms with Crippen LogP contribution in [0, 0.1) is 35.0 Å². The molecule has 0 aromatic heterocycles. The van der Waals surface area contributed by atoms with E-state index in [0.717, 1.165) is 24.8 Å². The number of phenols is 1. The van der Waals surface area contributed by atoms with Gasteiger partial charge in [0.2, 0.25) is 0 Å². The molecule has 6 nitrogen and oxygen atoms in total. The molecular formula is C27H31NO5. The lowest BCUT2D eigenvalue weighted by Crippen LogP contribution is -2.54. The highest BCUT2D eigenvalue weighted by atomic mass is 16.6. The van der Waals surface area contributed by atoms with E-state index >= 15 is 0 Å². The lowest BCUT2D eigenvalue weighted by atomic mass is 9.51. The normalized spacial score (nSPS) is 36.8. The van der Waals surface area contributed by atoms with Gasteiger partial charge in [-0.3, -0.25) is 14.9 Å². The second-order valence-electron chi connectivity index (χ2n) is 10.4. The minimum Gasteiger partial charge on any atom is -0.508 e. The fraction of sp³-hybridized carbons (Fsp3) is 0.519.